The SMILES string of the molecule is CN(C)Cc1cc(CN=C(N)N2CCCCCC2)ccc1F.I. The van der Waals surface area contributed by atoms with Gasteiger partial charge in [-0.3, -0.25) is 0 Å². The van der Waals surface area contributed by atoms with E-state index in [4.69, 9.17) is 5.73 Å². The summed E-state index contributed by atoms with van der Waals surface area (Å²) in [6, 6.07) is 5.19. The maximum absolute atomic E-state index is 13.8. The van der Waals surface area contributed by atoms with Gasteiger partial charge < -0.3 is 15.5 Å². The van der Waals surface area contributed by atoms with Gasteiger partial charge in [0.25, 0.3) is 0 Å². The van der Waals surface area contributed by atoms with Crippen LogP contribution in [0.25, 0.3) is 0 Å². The minimum Gasteiger partial charge on any atom is -0.370 e. The Bertz CT molecular complexity index is 511. The zero-order valence-electron chi connectivity index (χ0n) is 14.1. The molecule has 1 aliphatic heterocycles. The molecule has 0 aliphatic carbocycles. The molecule has 0 saturated carbocycles. The maximum Gasteiger partial charge on any atom is 0.191 e. The summed E-state index contributed by atoms with van der Waals surface area (Å²) in [5.74, 6) is 0.447. The molecule has 1 saturated heterocycles. The van der Waals surface area contributed by atoms with Crippen LogP contribution in [0.15, 0.2) is 23.2 Å². The summed E-state index contributed by atoms with van der Waals surface area (Å²) in [5.41, 5.74) is 7.80. The van der Waals surface area contributed by atoms with E-state index in [0.717, 1.165) is 18.7 Å². The standard InChI is InChI=1S/C17H27FN4.HI/c1-21(2)13-15-11-14(7-8-16(15)18)12-20-17(19)22-9-5-3-4-6-10-22;/h7-8,11H,3-6,9-10,12-13H2,1-2H3,(H2,19,20);1H. The van der Waals surface area contributed by atoms with Gasteiger partial charge in [-0.05, 0) is 44.6 Å². The Balaban J connectivity index is 0.00000264. The Morgan fingerprint density at radius 2 is 1.87 bits per heavy atom. The van der Waals surface area contributed by atoms with Crippen molar-refractivity contribution in [2.75, 3.05) is 27.2 Å². The van der Waals surface area contributed by atoms with E-state index in [0.29, 0.717) is 24.6 Å². The van der Waals surface area contributed by atoms with Crippen molar-refractivity contribution in [2.45, 2.75) is 38.8 Å². The van der Waals surface area contributed by atoms with Gasteiger partial charge in [-0.1, -0.05) is 18.9 Å². The molecule has 0 spiro atoms. The molecule has 1 aromatic rings. The fraction of sp³-hybridized carbons (Fsp3) is 0.588. The highest BCUT2D eigenvalue weighted by molar-refractivity contribution is 14.0. The third-order valence-corrected chi connectivity index (χ3v) is 3.95. The van der Waals surface area contributed by atoms with Crippen molar-refractivity contribution >= 4 is 29.9 Å². The molecule has 1 aliphatic rings. The number of halogens is 2. The van der Waals surface area contributed by atoms with Crippen LogP contribution in [0.2, 0.25) is 0 Å². The quantitative estimate of drug-likeness (QED) is 0.450. The molecule has 0 aromatic heterocycles. The number of nitrogens with two attached hydrogens (primary N) is 1. The predicted octanol–water partition coefficient (Wildman–Crippen LogP) is 3.20. The Morgan fingerprint density at radius 1 is 1.22 bits per heavy atom. The van der Waals surface area contributed by atoms with Gasteiger partial charge in [0.05, 0.1) is 6.54 Å². The lowest BCUT2D eigenvalue weighted by atomic mass is 10.1. The predicted molar refractivity (Wildman–Crippen MR) is 105 cm³/mol. The molecule has 4 nitrogen and oxygen atoms in total. The van der Waals surface area contributed by atoms with E-state index < -0.39 is 0 Å². The van der Waals surface area contributed by atoms with Gasteiger partial charge in [0.2, 0.25) is 0 Å². The number of aliphatic imine (C=N–C) groups is 1. The van der Waals surface area contributed by atoms with Gasteiger partial charge in [-0.2, -0.15) is 0 Å². The first-order chi connectivity index (χ1) is 10.6. The number of rotatable bonds is 4. The average molecular weight is 434 g/mol. The summed E-state index contributed by atoms with van der Waals surface area (Å²) in [6.07, 6.45) is 4.91. The van der Waals surface area contributed by atoms with E-state index in [-0.39, 0.29) is 29.8 Å². The summed E-state index contributed by atoms with van der Waals surface area (Å²) in [5, 5.41) is 0. The van der Waals surface area contributed by atoms with Crippen molar-refractivity contribution in [3.8, 4) is 0 Å². The summed E-state index contributed by atoms with van der Waals surface area (Å²) < 4.78 is 13.8. The van der Waals surface area contributed by atoms with Crippen molar-refractivity contribution in [1.29, 1.82) is 0 Å². The van der Waals surface area contributed by atoms with Crippen molar-refractivity contribution in [3.63, 3.8) is 0 Å². The molecule has 0 radical (unpaired) electrons. The van der Waals surface area contributed by atoms with Crippen molar-refractivity contribution < 1.29 is 4.39 Å². The number of guanidine groups is 1. The third-order valence-electron chi connectivity index (χ3n) is 3.95. The van der Waals surface area contributed by atoms with Crippen LogP contribution in [0.4, 0.5) is 4.39 Å². The van der Waals surface area contributed by atoms with E-state index in [1.54, 1.807) is 6.07 Å². The lowest BCUT2D eigenvalue weighted by molar-refractivity contribution is 0.392. The highest BCUT2D eigenvalue weighted by Crippen LogP contribution is 2.14. The summed E-state index contributed by atoms with van der Waals surface area (Å²) >= 11 is 0. The molecule has 6 heteroatoms. The molecule has 2 N–H and O–H groups in total. The molecule has 2 rings (SSSR count). The number of benzene rings is 1. The molecule has 0 amide bonds. The van der Waals surface area contributed by atoms with Crippen molar-refractivity contribution in [2.24, 2.45) is 10.7 Å². The molecule has 1 heterocycles. The molecule has 0 unspecified atom stereocenters. The maximum atomic E-state index is 13.8. The Hall–Kier alpha value is -0.890. The van der Waals surface area contributed by atoms with Crippen molar-refractivity contribution in [3.05, 3.63) is 35.1 Å². The molecule has 1 fully saturated rings. The fourth-order valence-electron chi connectivity index (χ4n) is 2.76. The largest absolute Gasteiger partial charge is 0.370 e. The molecule has 0 bridgehead atoms. The zero-order valence-corrected chi connectivity index (χ0v) is 16.4. The monoisotopic (exact) mass is 434 g/mol. The molecular formula is C17H28FIN4. The zero-order chi connectivity index (χ0) is 15.9. The Labute approximate surface area is 156 Å². The van der Waals surface area contributed by atoms with Crippen LogP contribution in [0.3, 0.4) is 0 Å². The average Bonchev–Trinajstić information content (AvgIpc) is 2.76. The molecule has 23 heavy (non-hydrogen) atoms. The van der Waals surface area contributed by atoms with Crippen molar-refractivity contribution in [1.82, 2.24) is 9.80 Å². The number of nitrogens with zero attached hydrogens (tertiary/aromatic N) is 3. The minimum absolute atomic E-state index is 0. The summed E-state index contributed by atoms with van der Waals surface area (Å²) in [6.45, 7) is 3.07. The normalized spacial score (nSPS) is 16.2. The van der Waals surface area contributed by atoms with Gasteiger partial charge in [-0.15, -0.1) is 24.0 Å². The molecule has 0 atom stereocenters. The van der Waals surface area contributed by atoms with Crippen LogP contribution in [0, 0.1) is 5.82 Å². The van der Waals surface area contributed by atoms with Crippen LogP contribution in [-0.4, -0.2) is 42.9 Å². The van der Waals surface area contributed by atoms with E-state index in [2.05, 4.69) is 9.89 Å². The Kier molecular flexibility index (Phi) is 8.83. The number of hydrogen-bond acceptors (Lipinski definition) is 2. The van der Waals surface area contributed by atoms with Gasteiger partial charge in [-0.25, -0.2) is 9.38 Å². The van der Waals surface area contributed by atoms with Gasteiger partial charge >= 0.3 is 0 Å². The summed E-state index contributed by atoms with van der Waals surface area (Å²) in [4.78, 5) is 8.61. The second-order valence-electron chi connectivity index (χ2n) is 6.24. The van der Waals surface area contributed by atoms with E-state index in [1.165, 1.54) is 31.7 Å². The smallest absolute Gasteiger partial charge is 0.191 e. The number of hydrogen-bond donors (Lipinski definition) is 1. The van der Waals surface area contributed by atoms with Crippen LogP contribution in [0.1, 0.15) is 36.8 Å². The first-order valence-electron chi connectivity index (χ1n) is 8.03. The minimum atomic E-state index is -0.165. The fourth-order valence-corrected chi connectivity index (χ4v) is 2.76. The Morgan fingerprint density at radius 3 is 2.48 bits per heavy atom. The van der Waals surface area contributed by atoms with E-state index >= 15 is 0 Å². The lowest BCUT2D eigenvalue weighted by Crippen LogP contribution is -2.38. The van der Waals surface area contributed by atoms with E-state index in [1.807, 2.05) is 25.1 Å². The van der Waals surface area contributed by atoms with Gasteiger partial charge in [0, 0.05) is 25.2 Å². The van der Waals surface area contributed by atoms with Crippen LogP contribution >= 0.6 is 24.0 Å². The first-order valence-corrected chi connectivity index (χ1v) is 8.03. The second-order valence-corrected chi connectivity index (χ2v) is 6.24. The lowest BCUT2D eigenvalue weighted by Gasteiger charge is -2.21. The third kappa shape index (κ3) is 6.63. The highest BCUT2D eigenvalue weighted by Gasteiger charge is 2.11. The molecule has 1 aromatic carbocycles. The second kappa shape index (κ2) is 10.1. The van der Waals surface area contributed by atoms with Gasteiger partial charge in [0.1, 0.15) is 5.82 Å². The van der Waals surface area contributed by atoms with Crippen LogP contribution < -0.4 is 5.73 Å². The van der Waals surface area contributed by atoms with Gasteiger partial charge in [0.15, 0.2) is 5.96 Å². The topological polar surface area (TPSA) is 44.9 Å². The summed E-state index contributed by atoms with van der Waals surface area (Å²) in [7, 11) is 3.86. The molecule has 130 valence electrons. The van der Waals surface area contributed by atoms with Crippen LogP contribution in [-0.2, 0) is 13.1 Å². The highest BCUT2D eigenvalue weighted by atomic mass is 127. The molecular weight excluding hydrogens is 406 g/mol. The van der Waals surface area contributed by atoms with E-state index in [9.17, 15) is 4.39 Å². The number of likely N-dealkylation sites (tertiary alicyclic amines) is 1. The first kappa shape index (κ1) is 20.2. The van der Waals surface area contributed by atoms with Crippen LogP contribution in [0.5, 0.6) is 0 Å².